The molecule has 0 radical (unpaired) electrons. The molecule has 2 rings (SSSR count). The molecule has 0 fully saturated rings. The second-order valence-electron chi connectivity index (χ2n) is 3.10. The summed E-state index contributed by atoms with van der Waals surface area (Å²) in [6.07, 6.45) is 1.05. The van der Waals surface area contributed by atoms with E-state index in [9.17, 15) is 0 Å². The molecule has 0 amide bonds. The predicted molar refractivity (Wildman–Crippen MR) is 55.7 cm³/mol. The summed E-state index contributed by atoms with van der Waals surface area (Å²) in [6, 6.07) is 8.41. The topological polar surface area (TPSA) is 27.0 Å². The Kier molecular flexibility index (Phi) is 2.24. The van der Waals surface area contributed by atoms with E-state index in [0.717, 1.165) is 17.4 Å². The van der Waals surface area contributed by atoms with Crippen LogP contribution in [0.25, 0.3) is 0 Å². The first kappa shape index (κ1) is 8.58. The van der Waals surface area contributed by atoms with E-state index in [1.807, 2.05) is 6.07 Å². The molecule has 0 spiro atoms. The van der Waals surface area contributed by atoms with Crippen molar-refractivity contribution >= 4 is 21.6 Å². The van der Waals surface area contributed by atoms with Crippen molar-refractivity contribution in [1.29, 1.82) is 5.26 Å². The largest absolute Gasteiger partial charge is 0.358 e. The van der Waals surface area contributed by atoms with Gasteiger partial charge in [-0.3, -0.25) is 0 Å². The predicted octanol–water partition coefficient (Wildman–Crippen LogP) is 2.34. The van der Waals surface area contributed by atoms with Gasteiger partial charge in [0.1, 0.15) is 6.54 Å². The Morgan fingerprint density at radius 1 is 1.54 bits per heavy atom. The lowest BCUT2D eigenvalue weighted by atomic mass is 10.2. The van der Waals surface area contributed by atoms with Crippen molar-refractivity contribution in [2.24, 2.45) is 0 Å². The summed E-state index contributed by atoms with van der Waals surface area (Å²) in [6.45, 7) is 1.47. The van der Waals surface area contributed by atoms with Gasteiger partial charge in [0.25, 0.3) is 0 Å². The number of nitriles is 1. The highest BCUT2D eigenvalue weighted by atomic mass is 79.9. The first-order valence-electron chi connectivity index (χ1n) is 4.21. The molecule has 0 saturated heterocycles. The molecule has 0 bridgehead atoms. The van der Waals surface area contributed by atoms with Crippen molar-refractivity contribution in [2.45, 2.75) is 6.42 Å². The fourth-order valence-electron chi connectivity index (χ4n) is 1.69. The van der Waals surface area contributed by atoms with Gasteiger partial charge in [0, 0.05) is 16.7 Å². The van der Waals surface area contributed by atoms with Crippen LogP contribution in [0.1, 0.15) is 5.56 Å². The van der Waals surface area contributed by atoms with Gasteiger partial charge in [0.05, 0.1) is 6.07 Å². The van der Waals surface area contributed by atoms with Crippen LogP contribution in [0.3, 0.4) is 0 Å². The minimum absolute atomic E-state index is 0.495. The summed E-state index contributed by atoms with van der Waals surface area (Å²) in [5.41, 5.74) is 2.55. The van der Waals surface area contributed by atoms with Crippen LogP contribution in [0.4, 0.5) is 5.69 Å². The molecule has 1 aliphatic rings. The van der Waals surface area contributed by atoms with E-state index in [-0.39, 0.29) is 0 Å². The first-order valence-corrected chi connectivity index (χ1v) is 5.01. The molecule has 0 aromatic heterocycles. The van der Waals surface area contributed by atoms with E-state index in [1.165, 1.54) is 11.3 Å². The Bertz CT molecular complexity index is 368. The molecule has 13 heavy (non-hydrogen) atoms. The number of benzene rings is 1. The van der Waals surface area contributed by atoms with Gasteiger partial charge >= 0.3 is 0 Å². The maximum Gasteiger partial charge on any atom is 0.105 e. The second-order valence-corrected chi connectivity index (χ2v) is 4.02. The monoisotopic (exact) mass is 236 g/mol. The van der Waals surface area contributed by atoms with Gasteiger partial charge in [-0.15, -0.1) is 0 Å². The highest BCUT2D eigenvalue weighted by molar-refractivity contribution is 9.10. The van der Waals surface area contributed by atoms with E-state index in [2.05, 4.69) is 39.0 Å². The molecule has 0 atom stereocenters. The molecule has 1 aliphatic heterocycles. The van der Waals surface area contributed by atoms with Crippen LogP contribution in [0.5, 0.6) is 0 Å². The third-order valence-corrected chi connectivity index (χ3v) is 2.79. The quantitative estimate of drug-likeness (QED) is 0.701. The van der Waals surface area contributed by atoms with Gasteiger partial charge in [-0.2, -0.15) is 5.26 Å². The zero-order valence-electron chi connectivity index (χ0n) is 7.13. The van der Waals surface area contributed by atoms with Gasteiger partial charge in [0.2, 0.25) is 0 Å². The number of halogens is 1. The number of nitrogens with zero attached hydrogens (tertiary/aromatic N) is 2. The minimum Gasteiger partial charge on any atom is -0.358 e. The average Bonchev–Trinajstić information content (AvgIpc) is 2.49. The summed E-state index contributed by atoms with van der Waals surface area (Å²) in [7, 11) is 0. The summed E-state index contributed by atoms with van der Waals surface area (Å²) in [4.78, 5) is 2.11. The summed E-state index contributed by atoms with van der Waals surface area (Å²) in [5, 5.41) is 8.61. The number of anilines is 1. The molecule has 1 heterocycles. The Morgan fingerprint density at radius 3 is 3.15 bits per heavy atom. The number of rotatable bonds is 1. The minimum atomic E-state index is 0.495. The molecular formula is C10H9BrN2. The molecule has 0 unspecified atom stereocenters. The lowest BCUT2D eigenvalue weighted by Crippen LogP contribution is -2.20. The third kappa shape index (κ3) is 1.54. The molecular weight excluding hydrogens is 228 g/mol. The molecule has 3 heteroatoms. The highest BCUT2D eigenvalue weighted by Crippen LogP contribution is 2.29. The van der Waals surface area contributed by atoms with E-state index >= 15 is 0 Å². The van der Waals surface area contributed by atoms with Gasteiger partial charge in [-0.1, -0.05) is 15.9 Å². The van der Waals surface area contributed by atoms with Crippen LogP contribution in [0, 0.1) is 11.3 Å². The zero-order valence-corrected chi connectivity index (χ0v) is 8.71. The second kappa shape index (κ2) is 3.39. The smallest absolute Gasteiger partial charge is 0.105 e. The summed E-state index contributed by atoms with van der Waals surface area (Å²) < 4.78 is 1.12. The van der Waals surface area contributed by atoms with E-state index < -0.39 is 0 Å². The fraction of sp³-hybridized carbons (Fsp3) is 0.300. The molecule has 2 nitrogen and oxygen atoms in total. The zero-order chi connectivity index (χ0) is 9.26. The third-order valence-electron chi connectivity index (χ3n) is 2.29. The van der Waals surface area contributed by atoms with Gasteiger partial charge in [-0.05, 0) is 30.2 Å². The van der Waals surface area contributed by atoms with Gasteiger partial charge in [0.15, 0.2) is 0 Å². The first-order chi connectivity index (χ1) is 6.31. The number of hydrogen-bond donors (Lipinski definition) is 0. The average molecular weight is 237 g/mol. The summed E-state index contributed by atoms with van der Waals surface area (Å²) >= 11 is 3.44. The van der Waals surface area contributed by atoms with E-state index in [0.29, 0.717) is 6.54 Å². The molecule has 0 saturated carbocycles. The van der Waals surface area contributed by atoms with E-state index in [4.69, 9.17) is 5.26 Å². The van der Waals surface area contributed by atoms with Crippen molar-refractivity contribution in [3.8, 4) is 6.07 Å². The van der Waals surface area contributed by atoms with Crippen LogP contribution in [0.2, 0.25) is 0 Å². The van der Waals surface area contributed by atoms with Crippen molar-refractivity contribution in [3.63, 3.8) is 0 Å². The van der Waals surface area contributed by atoms with Gasteiger partial charge in [-0.25, -0.2) is 0 Å². The number of fused-ring (bicyclic) bond motifs is 1. The van der Waals surface area contributed by atoms with Gasteiger partial charge < -0.3 is 4.90 Å². The molecule has 0 N–H and O–H groups in total. The maximum absolute atomic E-state index is 8.61. The van der Waals surface area contributed by atoms with Crippen molar-refractivity contribution in [1.82, 2.24) is 0 Å². The van der Waals surface area contributed by atoms with Crippen molar-refractivity contribution < 1.29 is 0 Å². The molecule has 0 aliphatic carbocycles. The van der Waals surface area contributed by atoms with Crippen LogP contribution < -0.4 is 4.90 Å². The van der Waals surface area contributed by atoms with Crippen molar-refractivity contribution in [2.75, 3.05) is 18.0 Å². The maximum atomic E-state index is 8.61. The number of hydrogen-bond acceptors (Lipinski definition) is 2. The normalized spacial score (nSPS) is 14.0. The SMILES string of the molecule is N#CCN1CCc2cc(Br)ccc21. The molecule has 66 valence electrons. The van der Waals surface area contributed by atoms with Crippen LogP contribution in [-0.4, -0.2) is 13.1 Å². The highest BCUT2D eigenvalue weighted by Gasteiger charge is 2.17. The lowest BCUT2D eigenvalue weighted by molar-refractivity contribution is 0.909. The Hall–Kier alpha value is -1.01. The molecule has 1 aromatic carbocycles. The van der Waals surface area contributed by atoms with Crippen molar-refractivity contribution in [3.05, 3.63) is 28.2 Å². The van der Waals surface area contributed by atoms with Crippen LogP contribution >= 0.6 is 15.9 Å². The summed E-state index contributed by atoms with van der Waals surface area (Å²) in [5.74, 6) is 0. The van der Waals surface area contributed by atoms with E-state index in [1.54, 1.807) is 0 Å². The Labute approximate surface area is 85.9 Å². The Balaban J connectivity index is 2.34. The lowest BCUT2D eigenvalue weighted by Gasteiger charge is -2.14. The van der Waals surface area contributed by atoms with Crippen LogP contribution in [-0.2, 0) is 6.42 Å². The Morgan fingerprint density at radius 2 is 2.38 bits per heavy atom. The van der Waals surface area contributed by atoms with Crippen LogP contribution in [0.15, 0.2) is 22.7 Å². The molecule has 1 aromatic rings. The fourth-order valence-corrected chi connectivity index (χ4v) is 2.10. The standard InChI is InChI=1S/C10H9BrN2/c11-9-1-2-10-8(7-9)3-5-13(10)6-4-12/h1-2,7H,3,5-6H2.